The van der Waals surface area contributed by atoms with E-state index in [4.69, 9.17) is 19.4 Å². The van der Waals surface area contributed by atoms with Gasteiger partial charge in [-0.1, -0.05) is 0 Å². The number of amides is 1. The molecule has 1 aromatic heterocycles. The first-order valence-electron chi connectivity index (χ1n) is 8.91. The van der Waals surface area contributed by atoms with Gasteiger partial charge in [0, 0.05) is 25.5 Å². The quantitative estimate of drug-likeness (QED) is 0.833. The van der Waals surface area contributed by atoms with Crippen molar-refractivity contribution in [3.8, 4) is 0 Å². The molecule has 3 rings (SSSR count). The molecule has 28 heavy (non-hydrogen) atoms. The highest BCUT2D eigenvalue weighted by atomic mass is 19.4. The summed E-state index contributed by atoms with van der Waals surface area (Å²) in [5.41, 5.74) is 1.67. The summed E-state index contributed by atoms with van der Waals surface area (Å²) in [5, 5.41) is 7.12. The number of nitrogens with zero attached hydrogens (tertiary/aromatic N) is 2. The number of halogens is 3. The number of carbonyl (C=O) groups is 2. The molecule has 2 heterocycles. The first-order chi connectivity index (χ1) is 13.1. The van der Waals surface area contributed by atoms with Gasteiger partial charge in [0.05, 0.1) is 24.3 Å². The van der Waals surface area contributed by atoms with Gasteiger partial charge in [0.1, 0.15) is 6.10 Å². The number of aryl methyl sites for hydroxylation is 1. The second-order valence-electron chi connectivity index (χ2n) is 6.53. The molecule has 1 saturated heterocycles. The summed E-state index contributed by atoms with van der Waals surface area (Å²) >= 11 is 0. The number of carbonyl (C=O) groups excluding carboxylic acids is 1. The Kier molecular flexibility index (Phi) is 7.36. The number of carboxylic acid groups (broad SMARTS) is 1. The molecule has 2 fully saturated rings. The molecule has 1 aliphatic carbocycles. The van der Waals surface area contributed by atoms with E-state index in [2.05, 4.69) is 4.98 Å². The van der Waals surface area contributed by atoms with Crippen LogP contribution in [0.5, 0.6) is 0 Å². The molecule has 1 aromatic rings. The lowest BCUT2D eigenvalue weighted by atomic mass is 10.1. The van der Waals surface area contributed by atoms with Crippen LogP contribution in [0.3, 0.4) is 0 Å². The lowest BCUT2D eigenvalue weighted by molar-refractivity contribution is -0.192. The number of hydrogen-bond donors (Lipinski definition) is 1. The SMILES string of the molecule is CCO[C@@H]1CC[C@H]2[C@H]1OCCN2C(=O)c1cncc(C)c1.O=C(O)C(F)(F)F. The normalized spacial score (nSPS) is 24.2. The van der Waals surface area contributed by atoms with Crippen LogP contribution in [0.4, 0.5) is 13.2 Å². The van der Waals surface area contributed by atoms with Crippen molar-refractivity contribution in [3.63, 3.8) is 0 Å². The summed E-state index contributed by atoms with van der Waals surface area (Å²) in [7, 11) is 0. The minimum Gasteiger partial charge on any atom is -0.475 e. The molecule has 1 N–H and O–H groups in total. The van der Waals surface area contributed by atoms with Crippen LogP contribution in [-0.4, -0.2) is 71.1 Å². The minimum atomic E-state index is -5.08. The van der Waals surface area contributed by atoms with Gasteiger partial charge in [0.25, 0.3) is 5.91 Å². The van der Waals surface area contributed by atoms with Crippen molar-refractivity contribution in [2.24, 2.45) is 0 Å². The Morgan fingerprint density at radius 2 is 2.04 bits per heavy atom. The van der Waals surface area contributed by atoms with Crippen LogP contribution in [-0.2, 0) is 14.3 Å². The third-order valence-electron chi connectivity index (χ3n) is 4.54. The first-order valence-corrected chi connectivity index (χ1v) is 8.91. The van der Waals surface area contributed by atoms with E-state index in [0.29, 0.717) is 25.3 Å². The smallest absolute Gasteiger partial charge is 0.475 e. The Labute approximate surface area is 160 Å². The van der Waals surface area contributed by atoms with Crippen LogP contribution in [0.25, 0.3) is 0 Å². The topological polar surface area (TPSA) is 89.0 Å². The third kappa shape index (κ3) is 5.41. The molecule has 156 valence electrons. The number of pyridine rings is 1. The van der Waals surface area contributed by atoms with E-state index in [1.54, 1.807) is 12.4 Å². The van der Waals surface area contributed by atoms with Crippen molar-refractivity contribution in [2.75, 3.05) is 19.8 Å². The molecule has 0 bridgehead atoms. The van der Waals surface area contributed by atoms with Crippen molar-refractivity contribution in [1.82, 2.24) is 9.88 Å². The van der Waals surface area contributed by atoms with Crippen molar-refractivity contribution in [2.45, 2.75) is 51.1 Å². The predicted molar refractivity (Wildman–Crippen MR) is 91.9 cm³/mol. The number of alkyl halides is 3. The summed E-state index contributed by atoms with van der Waals surface area (Å²) < 4.78 is 43.4. The number of fused-ring (bicyclic) bond motifs is 1. The molecule has 0 unspecified atom stereocenters. The van der Waals surface area contributed by atoms with Crippen LogP contribution in [0.2, 0.25) is 0 Å². The maximum Gasteiger partial charge on any atom is 0.490 e. The number of carboxylic acids is 1. The highest BCUT2D eigenvalue weighted by Crippen LogP contribution is 2.32. The summed E-state index contributed by atoms with van der Waals surface area (Å²) in [4.78, 5) is 27.7. The van der Waals surface area contributed by atoms with Gasteiger partial charge < -0.3 is 19.5 Å². The Morgan fingerprint density at radius 3 is 2.61 bits per heavy atom. The molecule has 10 heteroatoms. The third-order valence-corrected chi connectivity index (χ3v) is 4.54. The average molecular weight is 404 g/mol. The summed E-state index contributed by atoms with van der Waals surface area (Å²) in [5.74, 6) is -2.70. The number of rotatable bonds is 3. The van der Waals surface area contributed by atoms with Crippen molar-refractivity contribution >= 4 is 11.9 Å². The van der Waals surface area contributed by atoms with E-state index in [9.17, 15) is 18.0 Å². The van der Waals surface area contributed by atoms with Crippen molar-refractivity contribution in [3.05, 3.63) is 29.6 Å². The zero-order valence-corrected chi connectivity index (χ0v) is 15.6. The number of ether oxygens (including phenoxy) is 2. The maximum atomic E-state index is 12.7. The zero-order chi connectivity index (χ0) is 20.9. The molecular formula is C18H23F3N2O5. The Bertz CT molecular complexity index is 698. The first kappa shape index (κ1) is 22.1. The molecule has 0 aromatic carbocycles. The Balaban J connectivity index is 0.000000345. The lowest BCUT2D eigenvalue weighted by Gasteiger charge is -2.39. The minimum absolute atomic E-state index is 0.0143. The van der Waals surface area contributed by atoms with Crippen LogP contribution < -0.4 is 0 Å². The monoisotopic (exact) mass is 404 g/mol. The predicted octanol–water partition coefficient (Wildman–Crippen LogP) is 2.43. The largest absolute Gasteiger partial charge is 0.490 e. The molecular weight excluding hydrogens is 381 g/mol. The highest BCUT2D eigenvalue weighted by molar-refractivity contribution is 5.94. The Hall–Kier alpha value is -2.20. The molecule has 1 saturated carbocycles. The molecule has 0 radical (unpaired) electrons. The zero-order valence-electron chi connectivity index (χ0n) is 15.6. The fourth-order valence-corrected chi connectivity index (χ4v) is 3.40. The molecule has 3 atom stereocenters. The van der Waals surface area contributed by atoms with Crippen LogP contribution in [0.15, 0.2) is 18.5 Å². The van der Waals surface area contributed by atoms with Crippen LogP contribution in [0, 0.1) is 6.92 Å². The maximum absolute atomic E-state index is 12.7. The van der Waals surface area contributed by atoms with Gasteiger partial charge in [-0.2, -0.15) is 13.2 Å². The van der Waals surface area contributed by atoms with Gasteiger partial charge >= 0.3 is 12.1 Å². The van der Waals surface area contributed by atoms with Crippen molar-refractivity contribution < 1.29 is 37.3 Å². The van der Waals surface area contributed by atoms with Gasteiger partial charge in [-0.05, 0) is 38.3 Å². The molecule has 2 aliphatic rings. The number of aliphatic carboxylic acids is 1. The molecule has 0 spiro atoms. The van der Waals surface area contributed by atoms with Crippen LogP contribution in [0.1, 0.15) is 35.7 Å². The van der Waals surface area contributed by atoms with Crippen LogP contribution >= 0.6 is 0 Å². The second kappa shape index (κ2) is 9.33. The summed E-state index contributed by atoms with van der Waals surface area (Å²) in [6, 6.07) is 2.03. The summed E-state index contributed by atoms with van der Waals surface area (Å²) in [6.07, 6.45) is 0.361. The van der Waals surface area contributed by atoms with E-state index >= 15 is 0 Å². The van der Waals surface area contributed by atoms with E-state index in [1.807, 2.05) is 24.8 Å². The Morgan fingerprint density at radius 1 is 1.36 bits per heavy atom. The highest BCUT2D eigenvalue weighted by Gasteiger charge is 2.45. The van der Waals surface area contributed by atoms with E-state index in [1.165, 1.54) is 0 Å². The molecule has 1 amide bonds. The summed E-state index contributed by atoms with van der Waals surface area (Å²) in [6.45, 7) is 5.86. The van der Waals surface area contributed by atoms with Crippen molar-refractivity contribution in [1.29, 1.82) is 0 Å². The average Bonchev–Trinajstić information content (AvgIpc) is 3.04. The van der Waals surface area contributed by atoms with E-state index < -0.39 is 12.1 Å². The number of morpholine rings is 1. The fourth-order valence-electron chi connectivity index (χ4n) is 3.40. The molecule has 7 nitrogen and oxygen atoms in total. The standard InChI is InChI=1S/C16H22N2O3.C2HF3O2/c1-3-20-14-5-4-13-15(14)21-7-6-18(13)16(19)12-8-11(2)9-17-10-12;3-2(4,5)1(6)7/h8-10,13-15H,3-7H2,1-2H3;(H,6,7)/t13-,14+,15+;/m0./s1. The second-order valence-corrected chi connectivity index (χ2v) is 6.53. The van der Waals surface area contributed by atoms with Gasteiger partial charge in [-0.25, -0.2) is 4.79 Å². The number of aromatic nitrogens is 1. The fraction of sp³-hybridized carbons (Fsp3) is 0.611. The van der Waals surface area contributed by atoms with E-state index in [-0.39, 0.29) is 24.2 Å². The van der Waals surface area contributed by atoms with Gasteiger partial charge in [-0.3, -0.25) is 9.78 Å². The van der Waals surface area contributed by atoms with Gasteiger partial charge in [-0.15, -0.1) is 0 Å². The van der Waals surface area contributed by atoms with Gasteiger partial charge in [0.2, 0.25) is 0 Å². The van der Waals surface area contributed by atoms with Gasteiger partial charge in [0.15, 0.2) is 0 Å². The van der Waals surface area contributed by atoms with E-state index in [0.717, 1.165) is 18.4 Å². The number of hydrogen-bond acceptors (Lipinski definition) is 5. The lowest BCUT2D eigenvalue weighted by Crippen LogP contribution is -2.53. The molecule has 1 aliphatic heterocycles.